The van der Waals surface area contributed by atoms with Crippen molar-refractivity contribution in [2.24, 2.45) is 5.92 Å². The second kappa shape index (κ2) is 6.86. The number of hydrogen-bond acceptors (Lipinski definition) is 3. The summed E-state index contributed by atoms with van der Waals surface area (Å²) in [5, 5.41) is 10.1. The van der Waals surface area contributed by atoms with Crippen LogP contribution >= 0.6 is 0 Å². The van der Waals surface area contributed by atoms with E-state index in [4.69, 9.17) is 9.84 Å². The molecule has 0 spiro atoms. The molecule has 0 radical (unpaired) electrons. The molecule has 2 aromatic rings. The molecule has 1 saturated heterocycles. The van der Waals surface area contributed by atoms with Crippen LogP contribution in [0.2, 0.25) is 0 Å². The van der Waals surface area contributed by atoms with Gasteiger partial charge in [-0.05, 0) is 44.2 Å². The molecule has 2 heterocycles. The zero-order chi connectivity index (χ0) is 16.2. The van der Waals surface area contributed by atoms with E-state index < -0.39 is 6.09 Å². The highest BCUT2D eigenvalue weighted by atomic mass is 16.5. The Balaban J connectivity index is 1.55. The zero-order valence-corrected chi connectivity index (χ0v) is 13.4. The van der Waals surface area contributed by atoms with Crippen molar-refractivity contribution in [1.82, 2.24) is 9.88 Å². The van der Waals surface area contributed by atoms with Gasteiger partial charge in [-0.15, -0.1) is 0 Å². The van der Waals surface area contributed by atoms with Gasteiger partial charge in [0.25, 0.3) is 0 Å². The number of ether oxygens (including phenoxy) is 1. The van der Waals surface area contributed by atoms with Crippen LogP contribution in [0.25, 0.3) is 10.9 Å². The summed E-state index contributed by atoms with van der Waals surface area (Å²) in [5.41, 5.74) is 1.89. The number of pyridine rings is 1. The van der Waals surface area contributed by atoms with Gasteiger partial charge in [0.05, 0.1) is 6.61 Å². The third-order valence-electron chi connectivity index (χ3n) is 4.49. The van der Waals surface area contributed by atoms with Crippen LogP contribution in [-0.2, 0) is 0 Å². The third-order valence-corrected chi connectivity index (χ3v) is 4.49. The number of piperidine rings is 1. The van der Waals surface area contributed by atoms with Crippen molar-refractivity contribution in [3.05, 3.63) is 36.0 Å². The number of amides is 1. The van der Waals surface area contributed by atoms with Crippen LogP contribution < -0.4 is 4.74 Å². The van der Waals surface area contributed by atoms with Crippen molar-refractivity contribution in [3.63, 3.8) is 0 Å². The number of rotatable bonds is 4. The second-order valence-corrected chi connectivity index (χ2v) is 6.13. The number of para-hydroxylation sites is 1. The number of nitrogens with zero attached hydrogens (tertiary/aromatic N) is 2. The lowest BCUT2D eigenvalue weighted by Crippen LogP contribution is -2.37. The highest BCUT2D eigenvalue weighted by Crippen LogP contribution is 2.25. The molecule has 23 heavy (non-hydrogen) atoms. The lowest BCUT2D eigenvalue weighted by molar-refractivity contribution is 0.119. The smallest absolute Gasteiger partial charge is 0.407 e. The molecule has 1 aromatic carbocycles. The van der Waals surface area contributed by atoms with Crippen LogP contribution in [0.15, 0.2) is 30.3 Å². The topological polar surface area (TPSA) is 62.7 Å². The van der Waals surface area contributed by atoms with E-state index in [0.717, 1.165) is 41.6 Å². The fraction of sp³-hybridized carbons (Fsp3) is 0.444. The Labute approximate surface area is 135 Å². The first-order valence-electron chi connectivity index (χ1n) is 8.10. The largest absolute Gasteiger partial charge is 0.491 e. The molecule has 0 atom stereocenters. The Morgan fingerprint density at radius 3 is 2.83 bits per heavy atom. The molecule has 3 rings (SSSR count). The fourth-order valence-corrected chi connectivity index (χ4v) is 3.08. The third kappa shape index (κ3) is 3.73. The predicted molar refractivity (Wildman–Crippen MR) is 88.9 cm³/mol. The Hall–Kier alpha value is -2.30. The minimum Gasteiger partial charge on any atom is -0.491 e. The van der Waals surface area contributed by atoms with Crippen molar-refractivity contribution >= 4 is 17.0 Å². The fourth-order valence-electron chi connectivity index (χ4n) is 3.08. The van der Waals surface area contributed by atoms with Gasteiger partial charge in [0.2, 0.25) is 0 Å². The average molecular weight is 314 g/mol. The summed E-state index contributed by atoms with van der Waals surface area (Å²) >= 11 is 0. The molecule has 1 aliphatic rings. The number of hydrogen-bond donors (Lipinski definition) is 1. The molecule has 5 nitrogen and oxygen atoms in total. The summed E-state index contributed by atoms with van der Waals surface area (Å²) in [7, 11) is 0. The maximum atomic E-state index is 10.9. The van der Waals surface area contributed by atoms with Crippen molar-refractivity contribution in [3.8, 4) is 5.75 Å². The molecular weight excluding hydrogens is 292 g/mol. The first-order chi connectivity index (χ1) is 11.1. The summed E-state index contributed by atoms with van der Waals surface area (Å²) < 4.78 is 5.96. The van der Waals surface area contributed by atoms with Gasteiger partial charge in [0, 0.05) is 24.2 Å². The van der Waals surface area contributed by atoms with E-state index in [2.05, 4.69) is 11.1 Å². The van der Waals surface area contributed by atoms with E-state index in [9.17, 15) is 4.79 Å². The molecule has 122 valence electrons. The molecule has 1 N–H and O–H groups in total. The van der Waals surface area contributed by atoms with Gasteiger partial charge in [0.15, 0.2) is 0 Å². The maximum Gasteiger partial charge on any atom is 0.407 e. The molecule has 1 amide bonds. The highest BCUT2D eigenvalue weighted by Gasteiger charge is 2.22. The number of likely N-dealkylation sites (tertiary alicyclic amines) is 1. The lowest BCUT2D eigenvalue weighted by Gasteiger charge is -2.29. The number of aromatic nitrogens is 1. The summed E-state index contributed by atoms with van der Waals surface area (Å²) in [6.45, 7) is 3.89. The van der Waals surface area contributed by atoms with Crippen molar-refractivity contribution in [1.29, 1.82) is 0 Å². The van der Waals surface area contributed by atoms with Gasteiger partial charge in [-0.3, -0.25) is 0 Å². The SMILES string of the molecule is Cc1ccc2cccc(OCCC3CCN(C(=O)O)CC3)c2n1. The number of aryl methyl sites for hydroxylation is 1. The monoisotopic (exact) mass is 314 g/mol. The number of fused-ring (bicyclic) bond motifs is 1. The predicted octanol–water partition coefficient (Wildman–Crippen LogP) is 3.70. The first-order valence-corrected chi connectivity index (χ1v) is 8.10. The highest BCUT2D eigenvalue weighted by molar-refractivity contribution is 5.84. The number of carboxylic acid groups (broad SMARTS) is 1. The Kier molecular flexibility index (Phi) is 4.65. The first kappa shape index (κ1) is 15.6. The van der Waals surface area contributed by atoms with E-state index in [0.29, 0.717) is 25.6 Å². The van der Waals surface area contributed by atoms with Gasteiger partial charge in [0.1, 0.15) is 11.3 Å². The van der Waals surface area contributed by atoms with Gasteiger partial charge in [-0.1, -0.05) is 18.2 Å². The van der Waals surface area contributed by atoms with Crippen LogP contribution in [0.3, 0.4) is 0 Å². The lowest BCUT2D eigenvalue weighted by atomic mass is 9.94. The Morgan fingerprint density at radius 1 is 1.30 bits per heavy atom. The standard InChI is InChI=1S/C18H22N2O3/c1-13-5-6-15-3-2-4-16(17(15)19-13)23-12-9-14-7-10-20(11-8-14)18(21)22/h2-6,14H,7-12H2,1H3,(H,21,22). The summed E-state index contributed by atoms with van der Waals surface area (Å²) in [5.74, 6) is 1.37. The van der Waals surface area contributed by atoms with Crippen LogP contribution in [0.5, 0.6) is 5.75 Å². The van der Waals surface area contributed by atoms with Crippen LogP contribution in [0, 0.1) is 12.8 Å². The normalized spacial score (nSPS) is 15.8. The van der Waals surface area contributed by atoms with Gasteiger partial charge in [-0.25, -0.2) is 9.78 Å². The average Bonchev–Trinajstić information content (AvgIpc) is 2.55. The molecule has 0 unspecified atom stereocenters. The van der Waals surface area contributed by atoms with E-state index in [1.807, 2.05) is 31.2 Å². The van der Waals surface area contributed by atoms with Crippen LogP contribution in [0.4, 0.5) is 4.79 Å². The molecule has 0 bridgehead atoms. The molecule has 1 aliphatic heterocycles. The zero-order valence-electron chi connectivity index (χ0n) is 13.4. The summed E-state index contributed by atoms with van der Waals surface area (Å²) in [6, 6.07) is 10.0. The van der Waals surface area contributed by atoms with E-state index in [1.54, 1.807) is 0 Å². The van der Waals surface area contributed by atoms with E-state index in [1.165, 1.54) is 4.90 Å². The molecule has 0 saturated carbocycles. The van der Waals surface area contributed by atoms with Crippen molar-refractivity contribution in [2.45, 2.75) is 26.2 Å². The van der Waals surface area contributed by atoms with E-state index in [-0.39, 0.29) is 0 Å². The van der Waals surface area contributed by atoms with Crippen molar-refractivity contribution < 1.29 is 14.6 Å². The maximum absolute atomic E-state index is 10.9. The molecular formula is C18H22N2O3. The minimum atomic E-state index is -0.808. The molecule has 0 aliphatic carbocycles. The summed E-state index contributed by atoms with van der Waals surface area (Å²) in [6.07, 6.45) is 1.98. The summed E-state index contributed by atoms with van der Waals surface area (Å²) in [4.78, 5) is 17.0. The Morgan fingerprint density at radius 2 is 2.09 bits per heavy atom. The van der Waals surface area contributed by atoms with Crippen molar-refractivity contribution in [2.75, 3.05) is 19.7 Å². The second-order valence-electron chi connectivity index (χ2n) is 6.13. The number of benzene rings is 1. The van der Waals surface area contributed by atoms with Crippen LogP contribution in [-0.4, -0.2) is 40.8 Å². The molecule has 1 fully saturated rings. The van der Waals surface area contributed by atoms with Gasteiger partial charge >= 0.3 is 6.09 Å². The number of carbonyl (C=O) groups is 1. The van der Waals surface area contributed by atoms with E-state index >= 15 is 0 Å². The molecule has 5 heteroatoms. The quantitative estimate of drug-likeness (QED) is 0.934. The van der Waals surface area contributed by atoms with Gasteiger partial charge < -0.3 is 14.7 Å². The van der Waals surface area contributed by atoms with Crippen LogP contribution in [0.1, 0.15) is 25.0 Å². The van der Waals surface area contributed by atoms with Gasteiger partial charge in [-0.2, -0.15) is 0 Å². The molecule has 1 aromatic heterocycles. The minimum absolute atomic E-state index is 0.537. The Bertz CT molecular complexity index is 694.